The number of carbonyl (C=O) groups is 6. The van der Waals surface area contributed by atoms with Gasteiger partial charge in [0.15, 0.2) is 0 Å². The van der Waals surface area contributed by atoms with E-state index in [0.717, 1.165) is 34.2 Å². The van der Waals surface area contributed by atoms with Crippen LogP contribution < -0.4 is 27.7 Å². The van der Waals surface area contributed by atoms with E-state index < -0.39 is 59.4 Å². The monoisotopic (exact) mass is 906 g/mol. The first-order valence-electron chi connectivity index (χ1n) is 20.5. The third kappa shape index (κ3) is 19.4. The summed E-state index contributed by atoms with van der Waals surface area (Å²) in [6.45, 7) is -0.365. The molecule has 22 heteroatoms. The molecule has 2 N–H and O–H groups in total. The van der Waals surface area contributed by atoms with Gasteiger partial charge in [-0.1, -0.05) is 86.3 Å². The number of alkyl carbamates (subject to hydrolysis) is 2. The molecule has 0 saturated carbocycles. The molecule has 0 spiro atoms. The Bertz CT molecular complexity index is 2170. The van der Waals surface area contributed by atoms with Gasteiger partial charge in [-0.3, -0.25) is 9.59 Å². The van der Waals surface area contributed by atoms with Gasteiger partial charge in [0, 0.05) is 37.3 Å². The molecular weight excluding hydrogens is 856 g/mol. The maximum absolute atomic E-state index is 13.2. The molecule has 0 radical (unpaired) electrons. The molecule has 0 unspecified atom stereocenters. The predicted molar refractivity (Wildman–Crippen MR) is 227 cm³/mol. The summed E-state index contributed by atoms with van der Waals surface area (Å²) in [4.78, 5) is 125. The van der Waals surface area contributed by atoms with Gasteiger partial charge in [-0.2, -0.15) is 4.99 Å². The second-order valence-corrected chi connectivity index (χ2v) is 13.4. The number of ether oxygens (including phenoxy) is 6. The van der Waals surface area contributed by atoms with E-state index in [1.54, 1.807) is 36.4 Å². The first-order valence-corrected chi connectivity index (χ1v) is 20.5. The Labute approximate surface area is 371 Å². The lowest BCUT2D eigenvalue weighted by Gasteiger charge is -2.13. The van der Waals surface area contributed by atoms with Crippen molar-refractivity contribution in [3.05, 3.63) is 128 Å². The van der Waals surface area contributed by atoms with Crippen molar-refractivity contribution in [2.45, 2.75) is 71.1 Å². The zero-order valence-corrected chi connectivity index (χ0v) is 35.4. The van der Waals surface area contributed by atoms with E-state index in [2.05, 4.69) is 15.6 Å². The molecule has 1 heterocycles. The van der Waals surface area contributed by atoms with Crippen LogP contribution in [0.3, 0.4) is 0 Å². The van der Waals surface area contributed by atoms with Gasteiger partial charge in [0.25, 0.3) is 11.6 Å². The summed E-state index contributed by atoms with van der Waals surface area (Å²) in [5.74, 6) is -3.79. The minimum Gasteiger partial charge on any atom is -0.494 e. The van der Waals surface area contributed by atoms with Gasteiger partial charge in [0.05, 0.1) is 0 Å². The van der Waals surface area contributed by atoms with Crippen LogP contribution in [0.25, 0.3) is 0 Å². The molecule has 3 rings (SSSR count). The van der Waals surface area contributed by atoms with Gasteiger partial charge in [-0.05, 0) is 25.7 Å². The largest absolute Gasteiger partial charge is 0.494 e. The van der Waals surface area contributed by atoms with Crippen LogP contribution in [-0.2, 0) is 62.6 Å². The van der Waals surface area contributed by atoms with Gasteiger partial charge >= 0.3 is 41.2 Å². The summed E-state index contributed by atoms with van der Waals surface area (Å²) in [5.41, 5.74) is -2.24. The van der Waals surface area contributed by atoms with E-state index >= 15 is 0 Å². The molecule has 1 aromatic heterocycles. The Kier molecular flexibility index (Phi) is 23.9. The molecule has 3 aromatic rings. The zero-order valence-electron chi connectivity index (χ0n) is 35.4. The number of nitrogens with zero attached hydrogens (tertiary/aromatic N) is 4. The quantitative estimate of drug-likeness (QED) is 0.0142. The van der Waals surface area contributed by atoms with Gasteiger partial charge in [0.1, 0.15) is 58.1 Å². The SMILES string of the molecule is O=C=NCn1c(=O)n(CCCCCCNC(=O)OCCO/C=C/OC(=O)C(=O)c2ccccc2)c(=O)n(CCCCCCNC(=O)OCCO/C=C/OC(=O)C(=O)c2ccccc2)c1=O. The number of ketones is 2. The van der Waals surface area contributed by atoms with Crippen molar-refractivity contribution in [1.29, 1.82) is 0 Å². The molecule has 22 nitrogen and oxygen atoms in total. The first kappa shape index (κ1) is 51.5. The fraction of sp³-hybridized carbons (Fsp3) is 0.395. The predicted octanol–water partition coefficient (Wildman–Crippen LogP) is 2.87. The molecule has 0 aliphatic carbocycles. The van der Waals surface area contributed by atoms with Crippen molar-refractivity contribution in [1.82, 2.24) is 24.3 Å². The number of unbranched alkanes of at least 4 members (excludes halogenated alkanes) is 6. The van der Waals surface area contributed by atoms with E-state index in [-0.39, 0.29) is 63.7 Å². The van der Waals surface area contributed by atoms with Gasteiger partial charge in [-0.15, -0.1) is 0 Å². The minimum absolute atomic E-state index is 0.00737. The van der Waals surface area contributed by atoms with Crippen LogP contribution in [0.1, 0.15) is 72.1 Å². The summed E-state index contributed by atoms with van der Waals surface area (Å²) in [5, 5.41) is 5.16. The third-order valence-electron chi connectivity index (χ3n) is 8.78. The standard InChI is InChI=1S/C43H50N6O16/c50-32-44-31-49-42(58)47(21-13-3-1-11-19-45-39(55)64-29-25-60-23-27-62-37(53)35(51)33-15-7-5-8-16-33)41(57)48(43(49)59)22-14-4-2-12-20-46-40(56)65-30-26-61-24-28-63-38(54)36(52)34-17-9-6-10-18-34/h5-10,15-18,23-24,27-28H,1-4,11-14,19-22,25-26,29-31H2,(H,45,55)(H,46,56)/b27-23+,28-24+. The van der Waals surface area contributed by atoms with Crippen molar-refractivity contribution < 1.29 is 62.0 Å². The van der Waals surface area contributed by atoms with Crippen LogP contribution in [0.5, 0.6) is 0 Å². The minimum atomic E-state index is -1.08. The lowest BCUT2D eigenvalue weighted by Crippen LogP contribution is -2.54. The summed E-state index contributed by atoms with van der Waals surface area (Å²) in [6, 6.07) is 15.8. The van der Waals surface area contributed by atoms with E-state index in [9.17, 15) is 47.9 Å². The van der Waals surface area contributed by atoms with Crippen LogP contribution in [-0.4, -0.2) is 95.0 Å². The van der Waals surface area contributed by atoms with Crippen LogP contribution in [0.4, 0.5) is 9.59 Å². The maximum Gasteiger partial charge on any atom is 0.407 e. The molecule has 0 aliphatic rings. The Hall–Kier alpha value is -7.87. The highest BCUT2D eigenvalue weighted by molar-refractivity contribution is 6.41. The number of aliphatic imine (C=N–C) groups is 1. The number of hydrogen-bond donors (Lipinski definition) is 2. The summed E-state index contributed by atoms with van der Waals surface area (Å²) < 4.78 is 32.0. The normalized spacial score (nSPS) is 10.7. The Morgan fingerprint density at radius 1 is 0.523 bits per heavy atom. The highest BCUT2D eigenvalue weighted by Crippen LogP contribution is 2.04. The summed E-state index contributed by atoms with van der Waals surface area (Å²) >= 11 is 0. The Balaban J connectivity index is 1.26. The molecule has 0 aliphatic heterocycles. The number of Topliss-reactive ketones (excluding diaryl/α,β-unsaturated/α-hetero) is 2. The molecule has 0 atom stereocenters. The van der Waals surface area contributed by atoms with E-state index in [1.807, 2.05) is 0 Å². The number of rotatable bonds is 30. The number of carbonyl (C=O) groups excluding carboxylic acids is 7. The molecule has 2 aromatic carbocycles. The van der Waals surface area contributed by atoms with E-state index in [1.165, 1.54) is 30.3 Å². The zero-order chi connectivity index (χ0) is 47.1. The topological polar surface area (TPSA) is 277 Å². The molecule has 0 fully saturated rings. The van der Waals surface area contributed by atoms with E-state index in [0.29, 0.717) is 55.9 Å². The first-order chi connectivity index (χ1) is 31.5. The molecule has 348 valence electrons. The maximum atomic E-state index is 13.2. The number of hydrogen-bond acceptors (Lipinski definition) is 17. The molecule has 2 amide bonds. The lowest BCUT2D eigenvalue weighted by molar-refractivity contribution is -0.133. The van der Waals surface area contributed by atoms with Crippen LogP contribution in [0.2, 0.25) is 0 Å². The van der Waals surface area contributed by atoms with Crippen molar-refractivity contribution in [2.75, 3.05) is 39.5 Å². The number of amides is 2. The Morgan fingerprint density at radius 2 is 0.923 bits per heavy atom. The number of benzene rings is 2. The molecule has 0 saturated heterocycles. The lowest BCUT2D eigenvalue weighted by atomic mass is 10.1. The summed E-state index contributed by atoms with van der Waals surface area (Å²) in [6.07, 6.45) is 8.08. The highest BCUT2D eigenvalue weighted by Gasteiger charge is 2.18. The van der Waals surface area contributed by atoms with Crippen molar-refractivity contribution in [3.8, 4) is 0 Å². The van der Waals surface area contributed by atoms with Crippen molar-refractivity contribution in [2.24, 2.45) is 4.99 Å². The van der Waals surface area contributed by atoms with Crippen molar-refractivity contribution >= 4 is 41.8 Å². The summed E-state index contributed by atoms with van der Waals surface area (Å²) in [7, 11) is 0. The molecule has 65 heavy (non-hydrogen) atoms. The molecule has 0 bridgehead atoms. The van der Waals surface area contributed by atoms with Crippen LogP contribution in [0, 0.1) is 0 Å². The second-order valence-electron chi connectivity index (χ2n) is 13.4. The second kappa shape index (κ2) is 30.2. The number of aromatic nitrogens is 3. The third-order valence-corrected chi connectivity index (χ3v) is 8.78. The fourth-order valence-electron chi connectivity index (χ4n) is 5.55. The highest BCUT2D eigenvalue weighted by atomic mass is 16.6. The number of nitrogens with one attached hydrogen (secondary N) is 2. The van der Waals surface area contributed by atoms with Gasteiger partial charge < -0.3 is 39.1 Å². The molecular formula is C43H50N6O16. The average molecular weight is 907 g/mol. The smallest absolute Gasteiger partial charge is 0.407 e. The average Bonchev–Trinajstić information content (AvgIpc) is 3.31. The van der Waals surface area contributed by atoms with E-state index in [4.69, 9.17) is 28.4 Å². The fourth-order valence-corrected chi connectivity index (χ4v) is 5.55. The van der Waals surface area contributed by atoms with Gasteiger partial charge in [0.2, 0.25) is 6.08 Å². The van der Waals surface area contributed by atoms with Gasteiger partial charge in [-0.25, -0.2) is 52.1 Å². The number of esters is 2. The number of isocyanates is 1. The van der Waals surface area contributed by atoms with Crippen LogP contribution >= 0.6 is 0 Å². The Morgan fingerprint density at radius 3 is 1.34 bits per heavy atom. The van der Waals surface area contributed by atoms with Crippen molar-refractivity contribution in [3.63, 3.8) is 0 Å². The van der Waals surface area contributed by atoms with Crippen LogP contribution in [0.15, 0.2) is 105 Å².